The second-order valence-corrected chi connectivity index (χ2v) is 4.24. The molecule has 1 aromatic heterocycles. The van der Waals surface area contributed by atoms with Crippen molar-refractivity contribution in [1.82, 2.24) is 5.16 Å². The van der Waals surface area contributed by atoms with Gasteiger partial charge < -0.3 is 9.63 Å². The van der Waals surface area contributed by atoms with Crippen molar-refractivity contribution < 1.29 is 22.8 Å². The third-order valence-electron chi connectivity index (χ3n) is 2.36. The van der Waals surface area contributed by atoms with Crippen molar-refractivity contribution in [3.05, 3.63) is 40.1 Å². The highest BCUT2D eigenvalue weighted by atomic mass is 79.9. The summed E-state index contributed by atoms with van der Waals surface area (Å²) >= 11 is 3.02. The van der Waals surface area contributed by atoms with Crippen molar-refractivity contribution >= 4 is 15.9 Å². The molecule has 0 fully saturated rings. The molecule has 0 unspecified atom stereocenters. The van der Waals surface area contributed by atoms with Crippen LogP contribution in [0.25, 0.3) is 11.3 Å². The van der Waals surface area contributed by atoms with Crippen molar-refractivity contribution in [3.63, 3.8) is 0 Å². The molecule has 3 nitrogen and oxygen atoms in total. The zero-order valence-electron chi connectivity index (χ0n) is 8.83. The molecule has 7 heteroatoms. The lowest BCUT2D eigenvalue weighted by Crippen LogP contribution is -2.04. The standard InChI is InChI=1S/C11H7BrF3NO2/c12-10-8(5-17)9(16-18-10)6-2-1-3-7(4-6)11(13,14)15/h1-4,17H,5H2. The normalized spacial score (nSPS) is 11.8. The highest BCUT2D eigenvalue weighted by Gasteiger charge is 2.31. The quantitative estimate of drug-likeness (QED) is 0.919. The maximum Gasteiger partial charge on any atom is 0.416 e. The average molecular weight is 322 g/mol. The number of rotatable bonds is 2. The number of nitrogens with zero attached hydrogens (tertiary/aromatic N) is 1. The van der Waals surface area contributed by atoms with Crippen LogP contribution >= 0.6 is 15.9 Å². The molecule has 0 aliphatic heterocycles. The van der Waals surface area contributed by atoms with Gasteiger partial charge in [-0.3, -0.25) is 0 Å². The molecule has 0 bridgehead atoms. The van der Waals surface area contributed by atoms with Crippen LogP contribution in [0.1, 0.15) is 11.1 Å². The second kappa shape index (κ2) is 4.74. The first kappa shape index (κ1) is 13.1. The van der Waals surface area contributed by atoms with Crippen LogP contribution in [0.3, 0.4) is 0 Å². The Bertz CT molecular complexity index is 566. The predicted molar refractivity (Wildman–Crippen MR) is 60.6 cm³/mol. The number of hydrogen-bond acceptors (Lipinski definition) is 3. The Kier molecular flexibility index (Phi) is 3.45. The fourth-order valence-corrected chi connectivity index (χ4v) is 1.88. The van der Waals surface area contributed by atoms with Gasteiger partial charge in [0.25, 0.3) is 0 Å². The molecule has 0 saturated heterocycles. The Morgan fingerprint density at radius 1 is 1.33 bits per heavy atom. The van der Waals surface area contributed by atoms with Gasteiger partial charge in [0.1, 0.15) is 5.69 Å². The van der Waals surface area contributed by atoms with Gasteiger partial charge in [-0.05, 0) is 28.1 Å². The smallest absolute Gasteiger partial charge is 0.391 e. The maximum atomic E-state index is 12.6. The summed E-state index contributed by atoms with van der Waals surface area (Å²) in [6.45, 7) is -0.379. The van der Waals surface area contributed by atoms with Crippen molar-refractivity contribution in [2.45, 2.75) is 12.8 Å². The van der Waals surface area contributed by atoms with Crippen LogP contribution in [0.5, 0.6) is 0 Å². The molecular formula is C11H7BrF3NO2. The Morgan fingerprint density at radius 3 is 2.67 bits per heavy atom. The van der Waals surface area contributed by atoms with Gasteiger partial charge in [0.2, 0.25) is 4.67 Å². The first-order valence-electron chi connectivity index (χ1n) is 4.86. The minimum absolute atomic E-state index is 0.190. The maximum absolute atomic E-state index is 12.6. The molecule has 1 N–H and O–H groups in total. The summed E-state index contributed by atoms with van der Waals surface area (Å²) in [5.41, 5.74) is -0.0314. The SMILES string of the molecule is OCc1c(-c2cccc(C(F)(F)F)c2)noc1Br. The Hall–Kier alpha value is -1.34. The summed E-state index contributed by atoms with van der Waals surface area (Å²) < 4.78 is 42.7. The lowest BCUT2D eigenvalue weighted by atomic mass is 10.1. The van der Waals surface area contributed by atoms with E-state index in [4.69, 9.17) is 9.63 Å². The van der Waals surface area contributed by atoms with E-state index in [2.05, 4.69) is 21.1 Å². The van der Waals surface area contributed by atoms with Crippen molar-refractivity contribution in [2.75, 3.05) is 0 Å². The molecular weight excluding hydrogens is 315 g/mol. The molecule has 0 spiro atoms. The number of aromatic nitrogens is 1. The van der Waals surface area contributed by atoms with E-state index in [1.807, 2.05) is 0 Å². The summed E-state index contributed by atoms with van der Waals surface area (Å²) in [6.07, 6.45) is -4.42. The van der Waals surface area contributed by atoms with E-state index >= 15 is 0 Å². The lowest BCUT2D eigenvalue weighted by molar-refractivity contribution is -0.137. The third-order valence-corrected chi connectivity index (χ3v) is 2.99. The van der Waals surface area contributed by atoms with Crippen LogP contribution < -0.4 is 0 Å². The Balaban J connectivity index is 2.51. The van der Waals surface area contributed by atoms with Crippen LogP contribution in [0.4, 0.5) is 13.2 Å². The molecule has 18 heavy (non-hydrogen) atoms. The lowest BCUT2D eigenvalue weighted by Gasteiger charge is -2.07. The highest BCUT2D eigenvalue weighted by molar-refractivity contribution is 9.10. The zero-order valence-corrected chi connectivity index (χ0v) is 10.4. The topological polar surface area (TPSA) is 46.3 Å². The molecule has 1 aromatic carbocycles. The van der Waals surface area contributed by atoms with Gasteiger partial charge in [-0.2, -0.15) is 13.2 Å². The average Bonchev–Trinajstić information content (AvgIpc) is 2.69. The first-order chi connectivity index (χ1) is 8.43. The van der Waals surface area contributed by atoms with Crippen molar-refractivity contribution in [3.8, 4) is 11.3 Å². The summed E-state index contributed by atoms with van der Waals surface area (Å²) in [7, 11) is 0. The summed E-state index contributed by atoms with van der Waals surface area (Å²) in [4.78, 5) is 0. The van der Waals surface area contributed by atoms with E-state index in [0.717, 1.165) is 12.1 Å². The number of benzene rings is 1. The number of alkyl halides is 3. The van der Waals surface area contributed by atoms with E-state index < -0.39 is 11.7 Å². The van der Waals surface area contributed by atoms with Gasteiger partial charge >= 0.3 is 6.18 Å². The molecule has 0 aliphatic rings. The molecule has 96 valence electrons. The van der Waals surface area contributed by atoms with Gasteiger partial charge in [0.05, 0.1) is 17.7 Å². The molecule has 0 saturated carbocycles. The number of hydrogen-bond donors (Lipinski definition) is 1. The van der Waals surface area contributed by atoms with Crippen LogP contribution in [-0.2, 0) is 12.8 Å². The fourth-order valence-electron chi connectivity index (χ4n) is 1.50. The molecule has 0 atom stereocenters. The van der Waals surface area contributed by atoms with Gasteiger partial charge in [0, 0.05) is 5.56 Å². The Labute approximate surface area is 108 Å². The molecule has 1 heterocycles. The van der Waals surface area contributed by atoms with E-state index in [1.165, 1.54) is 12.1 Å². The minimum Gasteiger partial charge on any atom is -0.391 e. The number of halogens is 4. The second-order valence-electron chi connectivity index (χ2n) is 3.52. The Morgan fingerprint density at radius 2 is 2.06 bits per heavy atom. The monoisotopic (exact) mass is 321 g/mol. The van der Waals surface area contributed by atoms with E-state index in [9.17, 15) is 13.2 Å². The van der Waals surface area contributed by atoms with Crippen LogP contribution in [0, 0.1) is 0 Å². The highest BCUT2D eigenvalue weighted by Crippen LogP contribution is 2.34. The van der Waals surface area contributed by atoms with E-state index in [-0.39, 0.29) is 22.5 Å². The van der Waals surface area contributed by atoms with Gasteiger partial charge in [0.15, 0.2) is 0 Å². The van der Waals surface area contributed by atoms with E-state index in [1.54, 1.807) is 0 Å². The molecule has 2 rings (SSSR count). The van der Waals surface area contributed by atoms with Crippen LogP contribution in [0.15, 0.2) is 33.5 Å². The first-order valence-corrected chi connectivity index (χ1v) is 5.65. The van der Waals surface area contributed by atoms with Crippen LogP contribution in [-0.4, -0.2) is 10.3 Å². The molecule has 0 aliphatic carbocycles. The third kappa shape index (κ3) is 2.41. The van der Waals surface area contributed by atoms with E-state index in [0.29, 0.717) is 5.56 Å². The largest absolute Gasteiger partial charge is 0.416 e. The van der Waals surface area contributed by atoms with Crippen LogP contribution in [0.2, 0.25) is 0 Å². The fraction of sp³-hybridized carbons (Fsp3) is 0.182. The van der Waals surface area contributed by atoms with Crippen molar-refractivity contribution in [1.29, 1.82) is 0 Å². The number of aliphatic hydroxyl groups excluding tert-OH is 1. The van der Waals surface area contributed by atoms with Gasteiger partial charge in [-0.15, -0.1) is 0 Å². The van der Waals surface area contributed by atoms with Crippen molar-refractivity contribution in [2.24, 2.45) is 0 Å². The summed E-state index contributed by atoms with van der Waals surface area (Å²) in [6, 6.07) is 4.68. The minimum atomic E-state index is -4.42. The molecule has 0 radical (unpaired) electrons. The van der Waals surface area contributed by atoms with Gasteiger partial charge in [-0.1, -0.05) is 17.3 Å². The molecule has 2 aromatic rings. The van der Waals surface area contributed by atoms with Gasteiger partial charge in [-0.25, -0.2) is 0 Å². The zero-order chi connectivity index (χ0) is 13.3. The predicted octanol–water partition coefficient (Wildman–Crippen LogP) is 3.62. The summed E-state index contributed by atoms with van der Waals surface area (Å²) in [5, 5.41) is 12.8. The summed E-state index contributed by atoms with van der Waals surface area (Å²) in [5.74, 6) is 0. The number of aliphatic hydroxyl groups is 1. The molecule has 0 amide bonds.